The highest BCUT2D eigenvalue weighted by Gasteiger charge is 2.30. The number of aromatic nitrogens is 2. The third-order valence-corrected chi connectivity index (χ3v) is 4.14. The molecule has 0 fully saturated rings. The molecule has 0 radical (unpaired) electrons. The van der Waals surface area contributed by atoms with Gasteiger partial charge in [0, 0.05) is 5.56 Å². The summed E-state index contributed by atoms with van der Waals surface area (Å²) in [7, 11) is -3.66. The zero-order valence-corrected chi connectivity index (χ0v) is 10.5. The fraction of sp³-hybridized carbons (Fsp3) is 0. The highest BCUT2D eigenvalue weighted by Crippen LogP contribution is 2.27. The topological polar surface area (TPSA) is 90.3 Å². The van der Waals surface area contributed by atoms with Crippen molar-refractivity contribution in [2.45, 2.75) is 4.90 Å². The van der Waals surface area contributed by atoms with Crippen molar-refractivity contribution in [2.24, 2.45) is 4.40 Å². The molecule has 2 heterocycles. The number of nitrogen functional groups attached to an aromatic ring is 1. The summed E-state index contributed by atoms with van der Waals surface area (Å²) < 4.78 is 28.6. The van der Waals surface area contributed by atoms with Crippen LogP contribution in [0.15, 0.2) is 39.8 Å². The molecule has 8 heteroatoms. The number of nitrogens with two attached hydrogens (primary N) is 1. The summed E-state index contributed by atoms with van der Waals surface area (Å²) in [5, 5.41) is 4.17. The summed E-state index contributed by atoms with van der Waals surface area (Å²) in [4.78, 5) is 0.158. The third kappa shape index (κ3) is 1.52. The Labute approximate surface area is 108 Å². The Morgan fingerprint density at radius 3 is 2.67 bits per heavy atom. The van der Waals surface area contributed by atoms with Crippen LogP contribution in [0.5, 0.6) is 0 Å². The average Bonchev–Trinajstić information content (AvgIpc) is 2.79. The van der Waals surface area contributed by atoms with Crippen LogP contribution in [-0.4, -0.2) is 24.0 Å². The van der Waals surface area contributed by atoms with Crippen molar-refractivity contribution in [2.75, 3.05) is 5.73 Å². The summed E-state index contributed by atoms with van der Waals surface area (Å²) in [5.41, 5.74) is 6.01. The van der Waals surface area contributed by atoms with E-state index in [2.05, 4.69) is 9.50 Å². The SMILES string of the molecule is Nc1nn(C2=NS(=O)(=O)c3ccccc32)cc1Cl. The van der Waals surface area contributed by atoms with Crippen molar-refractivity contribution in [1.29, 1.82) is 0 Å². The van der Waals surface area contributed by atoms with Gasteiger partial charge in [-0.2, -0.15) is 8.42 Å². The van der Waals surface area contributed by atoms with Gasteiger partial charge in [-0.05, 0) is 12.1 Å². The van der Waals surface area contributed by atoms with Crippen LogP contribution in [0, 0.1) is 0 Å². The standard InChI is InChI=1S/C10H7ClN4O2S/c11-7-5-15(13-9(7)12)10-6-3-1-2-4-8(6)18(16,17)14-10/h1-5H,(H2,12,13). The van der Waals surface area contributed by atoms with E-state index in [0.29, 0.717) is 5.56 Å². The van der Waals surface area contributed by atoms with E-state index >= 15 is 0 Å². The molecule has 3 rings (SSSR count). The number of nitrogens with zero attached hydrogens (tertiary/aromatic N) is 3. The van der Waals surface area contributed by atoms with Crippen molar-refractivity contribution in [1.82, 2.24) is 9.78 Å². The molecule has 92 valence electrons. The number of hydrogen-bond acceptors (Lipinski definition) is 4. The number of benzene rings is 1. The average molecular weight is 283 g/mol. The maximum absolute atomic E-state index is 11.8. The second-order valence-electron chi connectivity index (χ2n) is 3.69. The first-order valence-electron chi connectivity index (χ1n) is 4.94. The Balaban J connectivity index is 2.27. The van der Waals surface area contributed by atoms with Gasteiger partial charge in [0.25, 0.3) is 10.0 Å². The lowest BCUT2D eigenvalue weighted by Gasteiger charge is -2.00. The van der Waals surface area contributed by atoms with Crippen LogP contribution in [-0.2, 0) is 10.0 Å². The first kappa shape index (κ1) is 11.2. The fourth-order valence-electron chi connectivity index (χ4n) is 1.73. The summed E-state index contributed by atoms with van der Waals surface area (Å²) in [6, 6.07) is 6.52. The number of hydrogen-bond donors (Lipinski definition) is 1. The number of anilines is 1. The summed E-state index contributed by atoms with van der Waals surface area (Å²) in [5.74, 6) is 0.324. The molecular formula is C10H7ClN4O2S. The van der Waals surface area contributed by atoms with E-state index in [1.165, 1.54) is 16.9 Å². The summed E-state index contributed by atoms with van der Waals surface area (Å²) >= 11 is 5.79. The molecule has 1 aromatic heterocycles. The summed E-state index contributed by atoms with van der Waals surface area (Å²) in [6.07, 6.45) is 1.42. The van der Waals surface area contributed by atoms with Crippen LogP contribution in [0.25, 0.3) is 0 Å². The molecule has 0 atom stereocenters. The molecule has 6 nitrogen and oxygen atoms in total. The molecular weight excluding hydrogens is 276 g/mol. The third-order valence-electron chi connectivity index (χ3n) is 2.53. The zero-order chi connectivity index (χ0) is 12.9. The Morgan fingerprint density at radius 1 is 1.28 bits per heavy atom. The van der Waals surface area contributed by atoms with Gasteiger partial charge in [0.05, 0.1) is 6.20 Å². The van der Waals surface area contributed by atoms with E-state index in [1.807, 2.05) is 0 Å². The van der Waals surface area contributed by atoms with Crippen molar-refractivity contribution in [3.63, 3.8) is 0 Å². The van der Waals surface area contributed by atoms with Gasteiger partial charge in [-0.15, -0.1) is 9.50 Å². The smallest absolute Gasteiger partial charge is 0.285 e. The largest absolute Gasteiger partial charge is 0.381 e. The van der Waals surface area contributed by atoms with E-state index < -0.39 is 10.0 Å². The molecule has 2 aromatic rings. The van der Waals surface area contributed by atoms with E-state index in [1.54, 1.807) is 18.2 Å². The molecule has 0 amide bonds. The molecule has 1 aliphatic heterocycles. The molecule has 0 saturated carbocycles. The van der Waals surface area contributed by atoms with Gasteiger partial charge in [0.15, 0.2) is 11.7 Å². The second-order valence-corrected chi connectivity index (χ2v) is 5.67. The van der Waals surface area contributed by atoms with Gasteiger partial charge >= 0.3 is 0 Å². The van der Waals surface area contributed by atoms with Crippen molar-refractivity contribution < 1.29 is 8.42 Å². The highest BCUT2D eigenvalue weighted by molar-refractivity contribution is 7.90. The van der Waals surface area contributed by atoms with E-state index in [9.17, 15) is 8.42 Å². The molecule has 0 aliphatic carbocycles. The fourth-order valence-corrected chi connectivity index (χ4v) is 3.05. The minimum atomic E-state index is -3.66. The van der Waals surface area contributed by atoms with Gasteiger partial charge in [-0.3, -0.25) is 0 Å². The van der Waals surface area contributed by atoms with Crippen molar-refractivity contribution in [3.05, 3.63) is 41.0 Å². The maximum Gasteiger partial charge on any atom is 0.285 e. The van der Waals surface area contributed by atoms with Crippen LogP contribution in [0.1, 0.15) is 5.56 Å². The maximum atomic E-state index is 11.8. The Bertz CT molecular complexity index is 759. The van der Waals surface area contributed by atoms with Gasteiger partial charge in [-0.1, -0.05) is 23.7 Å². The van der Waals surface area contributed by atoms with Crippen LogP contribution in [0.2, 0.25) is 5.02 Å². The summed E-state index contributed by atoms with van der Waals surface area (Å²) in [6.45, 7) is 0. The normalized spacial score (nSPS) is 16.4. The van der Waals surface area contributed by atoms with Crippen LogP contribution in [0.3, 0.4) is 0 Å². The highest BCUT2D eigenvalue weighted by atomic mass is 35.5. The molecule has 2 N–H and O–H groups in total. The first-order valence-corrected chi connectivity index (χ1v) is 6.76. The lowest BCUT2D eigenvalue weighted by molar-refractivity contribution is 0.599. The quantitative estimate of drug-likeness (QED) is 0.784. The molecule has 18 heavy (non-hydrogen) atoms. The van der Waals surface area contributed by atoms with Crippen LogP contribution >= 0.6 is 11.6 Å². The minimum absolute atomic E-state index is 0.126. The molecule has 1 aliphatic rings. The monoisotopic (exact) mass is 282 g/mol. The first-order chi connectivity index (χ1) is 8.49. The number of rotatable bonds is 0. The van der Waals surface area contributed by atoms with Crippen LogP contribution < -0.4 is 5.73 Å². The molecule has 1 aromatic carbocycles. The second kappa shape index (κ2) is 3.56. The Kier molecular flexibility index (Phi) is 2.23. The van der Waals surface area contributed by atoms with E-state index in [4.69, 9.17) is 17.3 Å². The van der Waals surface area contributed by atoms with Crippen molar-refractivity contribution in [3.8, 4) is 0 Å². The number of sulfonamides is 1. The number of fused-ring (bicyclic) bond motifs is 1. The lowest BCUT2D eigenvalue weighted by atomic mass is 10.2. The van der Waals surface area contributed by atoms with Crippen molar-refractivity contribution >= 4 is 33.3 Å². The molecule has 0 unspecified atom stereocenters. The van der Waals surface area contributed by atoms with Gasteiger partial charge < -0.3 is 5.73 Å². The lowest BCUT2D eigenvalue weighted by Crippen LogP contribution is -2.12. The van der Waals surface area contributed by atoms with E-state index in [-0.39, 0.29) is 21.6 Å². The predicted molar refractivity (Wildman–Crippen MR) is 67.2 cm³/mol. The molecule has 0 saturated heterocycles. The van der Waals surface area contributed by atoms with Gasteiger partial charge in [-0.25, -0.2) is 4.68 Å². The number of halogens is 1. The van der Waals surface area contributed by atoms with E-state index in [0.717, 1.165) is 0 Å². The van der Waals surface area contributed by atoms with Gasteiger partial charge in [0.2, 0.25) is 0 Å². The van der Waals surface area contributed by atoms with Crippen LogP contribution in [0.4, 0.5) is 5.82 Å². The Morgan fingerprint density at radius 2 is 2.00 bits per heavy atom. The predicted octanol–water partition coefficient (Wildman–Crippen LogP) is 1.12. The van der Waals surface area contributed by atoms with Gasteiger partial charge in [0.1, 0.15) is 9.92 Å². The molecule has 0 spiro atoms. The zero-order valence-electron chi connectivity index (χ0n) is 8.91. The molecule has 0 bridgehead atoms. The minimum Gasteiger partial charge on any atom is -0.381 e. The Hall–Kier alpha value is -1.86.